The lowest BCUT2D eigenvalue weighted by atomic mass is 10.2. The van der Waals surface area contributed by atoms with Crippen LogP contribution in [0, 0.1) is 0 Å². The number of rotatable bonds is 5. The molecule has 29 heavy (non-hydrogen) atoms. The van der Waals surface area contributed by atoms with Crippen LogP contribution in [0.3, 0.4) is 0 Å². The largest absolute Gasteiger partial charge is 0.491 e. The molecule has 2 aromatic carbocycles. The van der Waals surface area contributed by atoms with Crippen LogP contribution in [0.4, 0.5) is 11.4 Å². The minimum Gasteiger partial charge on any atom is -0.491 e. The fraction of sp³-hybridized carbons (Fsp3) is 0.333. The molecule has 3 rings (SSSR count). The molecule has 1 aliphatic rings. The van der Waals surface area contributed by atoms with Gasteiger partial charge in [0.2, 0.25) is 0 Å². The molecule has 0 radical (unpaired) electrons. The van der Waals surface area contributed by atoms with Crippen molar-refractivity contribution in [1.82, 2.24) is 5.32 Å². The topological polar surface area (TPSA) is 62.8 Å². The average Bonchev–Trinajstić information content (AvgIpc) is 2.68. The lowest BCUT2D eigenvalue weighted by molar-refractivity contribution is 0.0977. The van der Waals surface area contributed by atoms with Gasteiger partial charge < -0.3 is 19.7 Å². The number of halogens is 1. The Hall–Kier alpha value is -2.35. The van der Waals surface area contributed by atoms with Crippen LogP contribution < -0.4 is 20.3 Å². The van der Waals surface area contributed by atoms with E-state index in [1.807, 2.05) is 32.0 Å². The van der Waals surface area contributed by atoms with Crippen LogP contribution in [0.5, 0.6) is 5.75 Å². The molecule has 0 bridgehead atoms. The number of carbonyl (C=O) groups is 1. The molecule has 0 saturated carbocycles. The molecule has 2 N–H and O–H groups in total. The number of hydrogen-bond acceptors (Lipinski definition) is 5. The zero-order valence-electron chi connectivity index (χ0n) is 16.4. The summed E-state index contributed by atoms with van der Waals surface area (Å²) < 4.78 is 11.0. The van der Waals surface area contributed by atoms with E-state index in [1.165, 1.54) is 0 Å². The van der Waals surface area contributed by atoms with Gasteiger partial charge in [-0.05, 0) is 62.5 Å². The second kappa shape index (κ2) is 9.91. The summed E-state index contributed by atoms with van der Waals surface area (Å²) in [5, 5.41) is 6.49. The molecule has 1 aliphatic heterocycles. The lowest BCUT2D eigenvalue weighted by Crippen LogP contribution is -2.36. The van der Waals surface area contributed by atoms with Crippen molar-refractivity contribution in [1.29, 1.82) is 0 Å². The van der Waals surface area contributed by atoms with Gasteiger partial charge in [0.25, 0.3) is 5.91 Å². The van der Waals surface area contributed by atoms with Gasteiger partial charge >= 0.3 is 0 Å². The summed E-state index contributed by atoms with van der Waals surface area (Å²) in [5.74, 6) is 0.324. The number of anilines is 2. The molecule has 8 heteroatoms. The Bertz CT molecular complexity index is 885. The maximum absolute atomic E-state index is 12.5. The van der Waals surface area contributed by atoms with Crippen molar-refractivity contribution in [3.63, 3.8) is 0 Å². The summed E-state index contributed by atoms with van der Waals surface area (Å²) in [5.41, 5.74) is 2.12. The molecule has 2 aromatic rings. The first-order valence-corrected chi connectivity index (χ1v) is 10.2. The summed E-state index contributed by atoms with van der Waals surface area (Å²) in [7, 11) is 0. The highest BCUT2D eigenvalue weighted by Gasteiger charge is 2.15. The molecule has 0 aromatic heterocycles. The first kappa shape index (κ1) is 21.4. The van der Waals surface area contributed by atoms with Gasteiger partial charge in [-0.1, -0.05) is 17.7 Å². The van der Waals surface area contributed by atoms with Crippen molar-refractivity contribution in [3.8, 4) is 5.75 Å². The predicted octanol–water partition coefficient (Wildman–Crippen LogP) is 4.09. The molecule has 154 valence electrons. The molecule has 1 saturated heterocycles. The number of benzene rings is 2. The zero-order valence-corrected chi connectivity index (χ0v) is 18.0. The summed E-state index contributed by atoms with van der Waals surface area (Å²) in [6.07, 6.45) is 0.0289. The second-order valence-corrected chi connectivity index (χ2v) is 7.68. The van der Waals surface area contributed by atoms with Gasteiger partial charge in [0.05, 0.1) is 30.0 Å². The third kappa shape index (κ3) is 6.06. The third-order valence-corrected chi connectivity index (χ3v) is 4.76. The van der Waals surface area contributed by atoms with E-state index >= 15 is 0 Å². The maximum Gasteiger partial charge on any atom is 0.257 e. The lowest BCUT2D eigenvalue weighted by Gasteiger charge is -2.29. The molecule has 0 aliphatic carbocycles. The van der Waals surface area contributed by atoms with Crippen LogP contribution in [-0.2, 0) is 4.74 Å². The molecule has 0 atom stereocenters. The van der Waals surface area contributed by atoms with Crippen LogP contribution in [0.15, 0.2) is 42.5 Å². The Morgan fingerprint density at radius 2 is 1.97 bits per heavy atom. The van der Waals surface area contributed by atoms with Crippen LogP contribution in [0.25, 0.3) is 0 Å². The minimum atomic E-state index is -0.312. The highest BCUT2D eigenvalue weighted by Crippen LogP contribution is 2.29. The molecule has 0 spiro atoms. The van der Waals surface area contributed by atoms with Gasteiger partial charge in [-0.25, -0.2) is 0 Å². The van der Waals surface area contributed by atoms with Crippen molar-refractivity contribution in [2.75, 3.05) is 36.5 Å². The second-order valence-electron chi connectivity index (χ2n) is 6.87. The van der Waals surface area contributed by atoms with Gasteiger partial charge in [-0.3, -0.25) is 10.1 Å². The van der Waals surface area contributed by atoms with Gasteiger partial charge in [0.15, 0.2) is 5.11 Å². The fourth-order valence-corrected chi connectivity index (χ4v) is 3.48. The average molecular weight is 434 g/mol. The monoisotopic (exact) mass is 433 g/mol. The number of morpholine rings is 1. The Labute approximate surface area is 181 Å². The Morgan fingerprint density at radius 3 is 2.66 bits per heavy atom. The van der Waals surface area contributed by atoms with Gasteiger partial charge in [-0.15, -0.1) is 0 Å². The molecular formula is C21H24ClN3O3S. The molecule has 1 heterocycles. The van der Waals surface area contributed by atoms with Gasteiger partial charge in [0.1, 0.15) is 5.75 Å². The van der Waals surface area contributed by atoms with Crippen molar-refractivity contribution < 1.29 is 14.3 Å². The first-order valence-electron chi connectivity index (χ1n) is 9.43. The normalized spacial score (nSPS) is 13.9. The molecular weight excluding hydrogens is 410 g/mol. The van der Waals surface area contributed by atoms with Crippen molar-refractivity contribution >= 4 is 46.2 Å². The van der Waals surface area contributed by atoms with E-state index in [-0.39, 0.29) is 17.1 Å². The summed E-state index contributed by atoms with van der Waals surface area (Å²) in [6, 6.07) is 12.6. The third-order valence-electron chi connectivity index (χ3n) is 4.25. The van der Waals surface area contributed by atoms with Gasteiger partial charge in [0, 0.05) is 24.3 Å². The summed E-state index contributed by atoms with van der Waals surface area (Å²) >= 11 is 11.7. The number of amides is 1. The van der Waals surface area contributed by atoms with Gasteiger partial charge in [-0.2, -0.15) is 0 Å². The van der Waals surface area contributed by atoms with E-state index in [1.54, 1.807) is 24.3 Å². The standard InChI is InChI=1S/C21H24ClN3O3S/c1-14(2)28-17-5-3-4-15(12-17)20(26)24-21(29)23-16-6-7-19(18(22)13-16)25-8-10-27-11-9-25/h3-7,12-14H,8-11H2,1-2H3,(H2,23,24,26,29). The van der Waals surface area contributed by atoms with E-state index in [0.717, 1.165) is 18.8 Å². The summed E-state index contributed by atoms with van der Waals surface area (Å²) in [4.78, 5) is 14.7. The number of nitrogens with one attached hydrogen (secondary N) is 2. The van der Waals surface area contributed by atoms with E-state index in [2.05, 4.69) is 15.5 Å². The maximum atomic E-state index is 12.5. The Morgan fingerprint density at radius 1 is 1.21 bits per heavy atom. The predicted molar refractivity (Wildman–Crippen MR) is 120 cm³/mol. The first-order chi connectivity index (χ1) is 13.9. The minimum absolute atomic E-state index is 0.0289. The summed E-state index contributed by atoms with van der Waals surface area (Å²) in [6.45, 7) is 6.86. The SMILES string of the molecule is CC(C)Oc1cccc(C(=O)NC(=S)Nc2ccc(N3CCOCC3)c(Cl)c2)c1. The fourth-order valence-electron chi connectivity index (χ4n) is 2.97. The number of ether oxygens (including phenoxy) is 2. The van der Waals surface area contributed by atoms with Crippen LogP contribution in [0.2, 0.25) is 5.02 Å². The van der Waals surface area contributed by atoms with Crippen molar-refractivity contribution in [2.24, 2.45) is 0 Å². The number of thiocarbonyl (C=S) groups is 1. The number of nitrogens with zero attached hydrogens (tertiary/aromatic N) is 1. The van der Waals surface area contributed by atoms with E-state index < -0.39 is 0 Å². The molecule has 1 fully saturated rings. The van der Waals surface area contributed by atoms with Crippen molar-refractivity contribution in [2.45, 2.75) is 20.0 Å². The van der Waals surface area contributed by atoms with Crippen LogP contribution >= 0.6 is 23.8 Å². The van der Waals surface area contributed by atoms with E-state index in [9.17, 15) is 4.79 Å². The highest BCUT2D eigenvalue weighted by atomic mass is 35.5. The number of carbonyl (C=O) groups excluding carboxylic acids is 1. The molecule has 6 nitrogen and oxygen atoms in total. The smallest absolute Gasteiger partial charge is 0.257 e. The van der Waals surface area contributed by atoms with E-state index in [4.69, 9.17) is 33.3 Å². The van der Waals surface area contributed by atoms with Crippen LogP contribution in [0.1, 0.15) is 24.2 Å². The highest BCUT2D eigenvalue weighted by molar-refractivity contribution is 7.80. The van der Waals surface area contributed by atoms with Crippen molar-refractivity contribution in [3.05, 3.63) is 53.1 Å². The Kier molecular flexibility index (Phi) is 7.30. The van der Waals surface area contributed by atoms with Crippen LogP contribution in [-0.4, -0.2) is 43.4 Å². The van der Waals surface area contributed by atoms with E-state index in [0.29, 0.717) is 35.2 Å². The number of hydrogen-bond donors (Lipinski definition) is 2. The Balaban J connectivity index is 1.60. The molecule has 0 unspecified atom stereocenters. The quantitative estimate of drug-likeness (QED) is 0.692. The zero-order chi connectivity index (χ0) is 20.8. The molecule has 1 amide bonds.